The minimum Gasteiger partial charge on any atom is -0.496 e. The summed E-state index contributed by atoms with van der Waals surface area (Å²) in [6.07, 6.45) is 0. The summed E-state index contributed by atoms with van der Waals surface area (Å²) in [5, 5.41) is 0.622. The van der Waals surface area contributed by atoms with Gasteiger partial charge in [-0.15, -0.1) is 0 Å². The standard InChI is InChI=1S/C14H21ClN2O2/c1-9(10(2)16)14(18)17(3)8-11-7-12(15)5-6-13(11)19-4/h5-7,9-10H,8,16H2,1-4H3. The molecule has 0 aliphatic carbocycles. The van der Waals surface area contributed by atoms with Crippen LogP contribution < -0.4 is 10.5 Å². The smallest absolute Gasteiger partial charge is 0.226 e. The summed E-state index contributed by atoms with van der Waals surface area (Å²) in [7, 11) is 3.35. The Bertz CT molecular complexity index is 449. The summed E-state index contributed by atoms with van der Waals surface area (Å²) in [4.78, 5) is 13.8. The van der Waals surface area contributed by atoms with E-state index in [1.807, 2.05) is 13.8 Å². The molecule has 1 aromatic carbocycles. The molecule has 0 aromatic heterocycles. The number of nitrogens with two attached hydrogens (primary N) is 1. The van der Waals surface area contributed by atoms with Gasteiger partial charge in [0.05, 0.1) is 13.0 Å². The number of carbonyl (C=O) groups excluding carboxylic acids is 1. The monoisotopic (exact) mass is 284 g/mol. The summed E-state index contributed by atoms with van der Waals surface area (Å²) in [6.45, 7) is 4.11. The molecular formula is C14H21ClN2O2. The summed E-state index contributed by atoms with van der Waals surface area (Å²) in [5.74, 6) is 0.518. The Labute approximate surface area is 119 Å². The first-order chi connectivity index (χ1) is 8.86. The second-order valence-corrected chi connectivity index (χ2v) is 5.23. The van der Waals surface area contributed by atoms with Crippen molar-refractivity contribution >= 4 is 17.5 Å². The molecule has 1 amide bonds. The summed E-state index contributed by atoms with van der Waals surface area (Å²) < 4.78 is 5.27. The SMILES string of the molecule is COc1ccc(Cl)cc1CN(C)C(=O)C(C)C(C)N. The van der Waals surface area contributed by atoms with Gasteiger partial charge in [-0.25, -0.2) is 0 Å². The number of methoxy groups -OCH3 is 1. The van der Waals surface area contributed by atoms with E-state index in [0.29, 0.717) is 11.6 Å². The molecule has 4 nitrogen and oxygen atoms in total. The Hall–Kier alpha value is -1.26. The molecule has 0 aliphatic heterocycles. The number of benzene rings is 1. The van der Waals surface area contributed by atoms with E-state index in [2.05, 4.69) is 0 Å². The maximum atomic E-state index is 12.1. The van der Waals surface area contributed by atoms with Gasteiger partial charge in [-0.3, -0.25) is 4.79 Å². The number of carbonyl (C=O) groups is 1. The van der Waals surface area contributed by atoms with E-state index < -0.39 is 0 Å². The van der Waals surface area contributed by atoms with Gasteiger partial charge < -0.3 is 15.4 Å². The van der Waals surface area contributed by atoms with Crippen molar-refractivity contribution in [2.24, 2.45) is 11.7 Å². The van der Waals surface area contributed by atoms with Crippen LogP contribution in [0.5, 0.6) is 5.75 Å². The Morgan fingerprint density at radius 2 is 2.11 bits per heavy atom. The third-order valence-corrected chi connectivity index (χ3v) is 3.44. The van der Waals surface area contributed by atoms with Crippen LogP contribution >= 0.6 is 11.6 Å². The van der Waals surface area contributed by atoms with Crippen LogP contribution in [-0.4, -0.2) is 31.0 Å². The van der Waals surface area contributed by atoms with Crippen LogP contribution in [-0.2, 0) is 11.3 Å². The number of amides is 1. The molecule has 5 heteroatoms. The van der Waals surface area contributed by atoms with E-state index in [4.69, 9.17) is 22.1 Å². The lowest BCUT2D eigenvalue weighted by Gasteiger charge is -2.24. The van der Waals surface area contributed by atoms with Crippen LogP contribution in [0.3, 0.4) is 0 Å². The highest BCUT2D eigenvalue weighted by molar-refractivity contribution is 6.30. The molecule has 0 saturated heterocycles. The maximum absolute atomic E-state index is 12.1. The Morgan fingerprint density at radius 3 is 2.63 bits per heavy atom. The molecule has 0 heterocycles. The number of halogens is 1. The zero-order valence-electron chi connectivity index (χ0n) is 11.8. The molecule has 19 heavy (non-hydrogen) atoms. The van der Waals surface area contributed by atoms with E-state index >= 15 is 0 Å². The molecule has 2 unspecified atom stereocenters. The van der Waals surface area contributed by atoms with Crippen molar-refractivity contribution in [3.63, 3.8) is 0 Å². The predicted molar refractivity (Wildman–Crippen MR) is 77.3 cm³/mol. The van der Waals surface area contributed by atoms with Gasteiger partial charge in [0.2, 0.25) is 5.91 Å². The van der Waals surface area contributed by atoms with Crippen molar-refractivity contribution in [3.05, 3.63) is 28.8 Å². The van der Waals surface area contributed by atoms with Gasteiger partial charge in [-0.05, 0) is 25.1 Å². The Balaban J connectivity index is 2.84. The number of rotatable bonds is 5. The molecule has 0 bridgehead atoms. The molecule has 2 atom stereocenters. The number of hydrogen-bond acceptors (Lipinski definition) is 3. The maximum Gasteiger partial charge on any atom is 0.226 e. The minimum absolute atomic E-state index is 0.0111. The van der Waals surface area contributed by atoms with Gasteiger partial charge in [0, 0.05) is 30.2 Å². The molecule has 0 saturated carbocycles. The van der Waals surface area contributed by atoms with Crippen molar-refractivity contribution in [1.82, 2.24) is 4.90 Å². The predicted octanol–water partition coefficient (Wildman–Crippen LogP) is 2.29. The van der Waals surface area contributed by atoms with Crippen molar-refractivity contribution in [1.29, 1.82) is 0 Å². The van der Waals surface area contributed by atoms with Gasteiger partial charge >= 0.3 is 0 Å². The van der Waals surface area contributed by atoms with Crippen molar-refractivity contribution in [2.45, 2.75) is 26.4 Å². The molecule has 2 N–H and O–H groups in total. The van der Waals surface area contributed by atoms with E-state index in [1.54, 1.807) is 37.3 Å². The first kappa shape index (κ1) is 15.8. The van der Waals surface area contributed by atoms with E-state index in [9.17, 15) is 4.79 Å². The molecule has 106 valence electrons. The van der Waals surface area contributed by atoms with Crippen LogP contribution in [0, 0.1) is 5.92 Å². The summed E-state index contributed by atoms with van der Waals surface area (Å²) >= 11 is 5.97. The van der Waals surface area contributed by atoms with E-state index in [1.165, 1.54) is 0 Å². The van der Waals surface area contributed by atoms with Crippen molar-refractivity contribution < 1.29 is 9.53 Å². The lowest BCUT2D eigenvalue weighted by atomic mass is 10.0. The second-order valence-electron chi connectivity index (χ2n) is 4.80. The van der Waals surface area contributed by atoms with Crippen molar-refractivity contribution in [2.75, 3.05) is 14.2 Å². The molecular weight excluding hydrogens is 264 g/mol. The molecule has 0 radical (unpaired) electrons. The van der Waals surface area contributed by atoms with Crippen LogP contribution in [0.4, 0.5) is 0 Å². The van der Waals surface area contributed by atoms with Crippen LogP contribution in [0.25, 0.3) is 0 Å². The molecule has 1 rings (SSSR count). The fourth-order valence-electron chi connectivity index (χ4n) is 1.78. The average molecular weight is 285 g/mol. The van der Waals surface area contributed by atoms with Gasteiger partial charge in [0.25, 0.3) is 0 Å². The lowest BCUT2D eigenvalue weighted by molar-refractivity contribution is -0.134. The van der Waals surface area contributed by atoms with Crippen LogP contribution in [0.15, 0.2) is 18.2 Å². The normalized spacial score (nSPS) is 13.8. The van der Waals surface area contributed by atoms with E-state index in [0.717, 1.165) is 11.3 Å². The van der Waals surface area contributed by atoms with Gasteiger partial charge in [0.15, 0.2) is 0 Å². The number of nitrogens with zero attached hydrogens (tertiary/aromatic N) is 1. The number of ether oxygens (including phenoxy) is 1. The van der Waals surface area contributed by atoms with Crippen molar-refractivity contribution in [3.8, 4) is 5.75 Å². The van der Waals surface area contributed by atoms with E-state index in [-0.39, 0.29) is 17.9 Å². The minimum atomic E-state index is -0.213. The largest absolute Gasteiger partial charge is 0.496 e. The quantitative estimate of drug-likeness (QED) is 0.902. The fourth-order valence-corrected chi connectivity index (χ4v) is 1.97. The molecule has 0 fully saturated rings. The third-order valence-electron chi connectivity index (χ3n) is 3.20. The summed E-state index contributed by atoms with van der Waals surface area (Å²) in [6, 6.07) is 5.19. The third kappa shape index (κ3) is 4.11. The Kier molecular flexibility index (Phi) is 5.63. The van der Waals surface area contributed by atoms with Crippen LogP contribution in [0.1, 0.15) is 19.4 Å². The molecule has 1 aromatic rings. The highest BCUT2D eigenvalue weighted by atomic mass is 35.5. The van der Waals surface area contributed by atoms with Gasteiger partial charge in [-0.1, -0.05) is 18.5 Å². The zero-order valence-corrected chi connectivity index (χ0v) is 12.6. The second kappa shape index (κ2) is 6.78. The zero-order chi connectivity index (χ0) is 14.6. The average Bonchev–Trinajstić information content (AvgIpc) is 2.37. The Morgan fingerprint density at radius 1 is 1.47 bits per heavy atom. The fraction of sp³-hybridized carbons (Fsp3) is 0.500. The summed E-state index contributed by atoms with van der Waals surface area (Å²) in [5.41, 5.74) is 6.63. The number of hydrogen-bond donors (Lipinski definition) is 1. The first-order valence-corrected chi connectivity index (χ1v) is 6.57. The first-order valence-electron chi connectivity index (χ1n) is 6.19. The topological polar surface area (TPSA) is 55.6 Å². The van der Waals surface area contributed by atoms with Gasteiger partial charge in [-0.2, -0.15) is 0 Å². The lowest BCUT2D eigenvalue weighted by Crippen LogP contribution is -2.39. The molecule has 0 aliphatic rings. The highest BCUT2D eigenvalue weighted by Gasteiger charge is 2.21. The highest BCUT2D eigenvalue weighted by Crippen LogP contribution is 2.24. The van der Waals surface area contributed by atoms with Crippen LogP contribution in [0.2, 0.25) is 5.02 Å². The van der Waals surface area contributed by atoms with Gasteiger partial charge in [0.1, 0.15) is 5.75 Å². The molecule has 0 spiro atoms.